The minimum atomic E-state index is -0.563. The molecule has 1 saturated heterocycles. The van der Waals surface area contributed by atoms with E-state index in [1.54, 1.807) is 22.9 Å². The number of anilines is 1. The molecule has 0 saturated carbocycles. The van der Waals surface area contributed by atoms with Gasteiger partial charge in [-0.05, 0) is 32.9 Å². The summed E-state index contributed by atoms with van der Waals surface area (Å²) in [5.74, 6) is 0.545. The Morgan fingerprint density at radius 2 is 2.00 bits per heavy atom. The second kappa shape index (κ2) is 8.15. The summed E-state index contributed by atoms with van der Waals surface area (Å²) in [5.41, 5.74) is 1.56. The van der Waals surface area contributed by atoms with Gasteiger partial charge >= 0.3 is 6.09 Å². The van der Waals surface area contributed by atoms with Crippen molar-refractivity contribution in [3.63, 3.8) is 0 Å². The molecule has 1 aliphatic rings. The third-order valence-corrected chi connectivity index (χ3v) is 5.35. The van der Waals surface area contributed by atoms with E-state index in [0.717, 1.165) is 29.6 Å². The monoisotopic (exact) mass is 431 g/mol. The Morgan fingerprint density at radius 1 is 1.23 bits per heavy atom. The Bertz CT molecular complexity index is 1040. The van der Waals surface area contributed by atoms with E-state index in [1.807, 2.05) is 38.3 Å². The zero-order valence-corrected chi connectivity index (χ0v) is 18.3. The highest BCUT2D eigenvalue weighted by Crippen LogP contribution is 2.27. The maximum atomic E-state index is 12.3. The minimum Gasteiger partial charge on any atom is -0.444 e. The van der Waals surface area contributed by atoms with Crippen LogP contribution in [0.15, 0.2) is 17.5 Å². The van der Waals surface area contributed by atoms with Crippen LogP contribution in [0.25, 0.3) is 17.0 Å². The number of hydrogen-bond donors (Lipinski definition) is 0. The highest BCUT2D eigenvalue weighted by Gasteiger charge is 2.22. The molecule has 3 aromatic heterocycles. The van der Waals surface area contributed by atoms with Crippen LogP contribution >= 0.6 is 11.3 Å². The normalized spacial score (nSPS) is 14.9. The summed E-state index contributed by atoms with van der Waals surface area (Å²) in [6.45, 7) is 8.83. The van der Waals surface area contributed by atoms with Crippen LogP contribution in [0.1, 0.15) is 26.6 Å². The quantitative estimate of drug-likeness (QED) is 0.621. The summed E-state index contributed by atoms with van der Waals surface area (Å²) in [6.07, 6.45) is -0.426. The van der Waals surface area contributed by atoms with Crippen LogP contribution in [0.3, 0.4) is 0 Å². The molecule has 0 atom stereocenters. The van der Waals surface area contributed by atoms with Gasteiger partial charge < -0.3 is 19.3 Å². The smallest absolute Gasteiger partial charge is 0.410 e. The van der Waals surface area contributed by atoms with E-state index >= 15 is 0 Å². The topological polar surface area (TPSA) is 98.0 Å². The summed E-state index contributed by atoms with van der Waals surface area (Å²) < 4.78 is 12.5. The van der Waals surface area contributed by atoms with E-state index in [9.17, 15) is 4.79 Å². The van der Waals surface area contributed by atoms with Gasteiger partial charge in [-0.1, -0.05) is 0 Å². The van der Waals surface area contributed by atoms with Crippen molar-refractivity contribution < 1.29 is 14.3 Å². The number of morpholine rings is 1. The van der Waals surface area contributed by atoms with E-state index in [0.29, 0.717) is 24.7 Å². The maximum Gasteiger partial charge on any atom is 0.410 e. The minimum absolute atomic E-state index is 0.225. The van der Waals surface area contributed by atoms with Gasteiger partial charge in [0.2, 0.25) is 0 Å². The van der Waals surface area contributed by atoms with Crippen molar-refractivity contribution in [3.8, 4) is 11.4 Å². The predicted molar refractivity (Wildman–Crippen MR) is 113 cm³/mol. The lowest BCUT2D eigenvalue weighted by Crippen LogP contribution is -2.36. The molecule has 0 aliphatic carbocycles. The Balaban J connectivity index is 1.54. The number of carbonyl (C=O) groups excluding carboxylic acids is 1. The van der Waals surface area contributed by atoms with Gasteiger partial charge in [0.25, 0.3) is 0 Å². The summed E-state index contributed by atoms with van der Waals surface area (Å²) in [4.78, 5) is 20.7. The first-order valence-corrected chi connectivity index (χ1v) is 10.6. The van der Waals surface area contributed by atoms with Gasteiger partial charge in [0.05, 0.1) is 19.8 Å². The molecule has 0 N–H and O–H groups in total. The number of nitrogens with zero attached hydrogens (tertiary/aromatic N) is 7. The zero-order valence-electron chi connectivity index (χ0n) is 17.5. The number of carbonyl (C=O) groups is 1. The fourth-order valence-corrected chi connectivity index (χ4v) is 3.84. The van der Waals surface area contributed by atoms with Crippen molar-refractivity contribution in [2.24, 2.45) is 0 Å². The van der Waals surface area contributed by atoms with Crippen LogP contribution < -0.4 is 4.90 Å². The van der Waals surface area contributed by atoms with Gasteiger partial charge in [-0.25, -0.2) is 9.78 Å². The molecular formula is C19H25N7O3S. The second-order valence-electron chi connectivity index (χ2n) is 8.06. The molecule has 3 aromatic rings. The number of fused-ring (bicyclic) bond motifs is 1. The molecule has 160 valence electrons. The lowest BCUT2D eigenvalue weighted by molar-refractivity contribution is 0.0280. The van der Waals surface area contributed by atoms with Gasteiger partial charge in [0, 0.05) is 25.5 Å². The number of ether oxygens (including phenoxy) is 2. The lowest BCUT2D eigenvalue weighted by atomic mass is 10.2. The van der Waals surface area contributed by atoms with Gasteiger partial charge in [0.15, 0.2) is 16.6 Å². The van der Waals surface area contributed by atoms with E-state index in [4.69, 9.17) is 14.5 Å². The first-order valence-electron chi connectivity index (χ1n) is 9.74. The summed E-state index contributed by atoms with van der Waals surface area (Å²) in [7, 11) is 1.66. The molecule has 1 aliphatic heterocycles. The van der Waals surface area contributed by atoms with E-state index in [2.05, 4.69) is 20.2 Å². The SMILES string of the molecule is CN(Cc1nnc2ccc(-c3csc(N4CCOCC4)n3)nn12)C(=O)OC(C)(C)C. The van der Waals surface area contributed by atoms with Crippen molar-refractivity contribution in [2.75, 3.05) is 38.3 Å². The van der Waals surface area contributed by atoms with Gasteiger partial charge in [-0.3, -0.25) is 0 Å². The van der Waals surface area contributed by atoms with Crippen LogP contribution in [-0.4, -0.2) is 74.7 Å². The van der Waals surface area contributed by atoms with Crippen LogP contribution in [0.2, 0.25) is 0 Å². The molecule has 0 radical (unpaired) electrons. The Morgan fingerprint density at radius 3 is 2.73 bits per heavy atom. The molecule has 0 bridgehead atoms. The predicted octanol–water partition coefficient (Wildman–Crippen LogP) is 2.45. The first kappa shape index (κ1) is 20.5. The average Bonchev–Trinajstić information content (AvgIpc) is 3.35. The highest BCUT2D eigenvalue weighted by atomic mass is 32.1. The third kappa shape index (κ3) is 4.51. The van der Waals surface area contributed by atoms with Crippen molar-refractivity contribution >= 4 is 28.2 Å². The van der Waals surface area contributed by atoms with Gasteiger partial charge in [-0.15, -0.1) is 21.5 Å². The fourth-order valence-electron chi connectivity index (χ4n) is 2.97. The van der Waals surface area contributed by atoms with Crippen LogP contribution in [0.4, 0.5) is 9.93 Å². The largest absolute Gasteiger partial charge is 0.444 e. The maximum absolute atomic E-state index is 12.3. The number of aromatic nitrogens is 5. The van der Waals surface area contributed by atoms with Crippen molar-refractivity contribution in [2.45, 2.75) is 32.9 Å². The lowest BCUT2D eigenvalue weighted by Gasteiger charge is -2.25. The van der Waals surface area contributed by atoms with Crippen LogP contribution in [0.5, 0.6) is 0 Å². The third-order valence-electron chi connectivity index (χ3n) is 4.45. The number of thiazole rings is 1. The highest BCUT2D eigenvalue weighted by molar-refractivity contribution is 7.14. The number of rotatable bonds is 4. The van der Waals surface area contributed by atoms with Crippen LogP contribution in [0, 0.1) is 0 Å². The Labute approximate surface area is 178 Å². The summed E-state index contributed by atoms with van der Waals surface area (Å²) >= 11 is 1.59. The molecule has 1 fully saturated rings. The molecule has 0 unspecified atom stereocenters. The Hall–Kier alpha value is -2.79. The van der Waals surface area contributed by atoms with Crippen molar-refractivity contribution in [1.82, 2.24) is 29.7 Å². The molecule has 30 heavy (non-hydrogen) atoms. The molecule has 0 aromatic carbocycles. The van der Waals surface area contributed by atoms with Crippen molar-refractivity contribution in [3.05, 3.63) is 23.3 Å². The Kier molecular flexibility index (Phi) is 5.56. The number of hydrogen-bond acceptors (Lipinski definition) is 9. The zero-order chi connectivity index (χ0) is 21.3. The standard InChI is InChI=1S/C19H25N7O3S/c1-19(2,3)29-18(27)24(4)11-16-22-21-15-6-5-13(23-26(15)16)14-12-30-17(20-14)25-7-9-28-10-8-25/h5-6,12H,7-11H2,1-4H3. The van der Waals surface area contributed by atoms with Gasteiger partial charge in [-0.2, -0.15) is 9.61 Å². The summed E-state index contributed by atoms with van der Waals surface area (Å²) in [6, 6.07) is 3.73. The van der Waals surface area contributed by atoms with E-state index in [1.165, 1.54) is 4.90 Å². The van der Waals surface area contributed by atoms with Crippen molar-refractivity contribution in [1.29, 1.82) is 0 Å². The molecule has 4 rings (SSSR count). The molecule has 10 nitrogen and oxygen atoms in total. The first-order chi connectivity index (χ1) is 14.3. The number of amides is 1. The van der Waals surface area contributed by atoms with Gasteiger partial charge in [0.1, 0.15) is 17.0 Å². The van der Waals surface area contributed by atoms with E-state index < -0.39 is 11.7 Å². The second-order valence-corrected chi connectivity index (χ2v) is 8.89. The molecule has 1 amide bonds. The molecule has 4 heterocycles. The van der Waals surface area contributed by atoms with Crippen LogP contribution in [-0.2, 0) is 16.0 Å². The summed E-state index contributed by atoms with van der Waals surface area (Å²) in [5, 5.41) is 16.0. The molecule has 0 spiro atoms. The van der Waals surface area contributed by atoms with E-state index in [-0.39, 0.29) is 6.54 Å². The fraction of sp³-hybridized carbons (Fsp3) is 0.526. The average molecular weight is 432 g/mol. The molecular weight excluding hydrogens is 406 g/mol. The molecule has 11 heteroatoms.